The standard InChI is InChI=1S/C15H14FN5O/c16-12-4-1-5-13(9-12)20-15(22)18-7-8-21-14-11(10-19-21)3-2-6-17-14/h1-6,9-10H,7-8H2,(H2,18,20,22). The van der Waals surface area contributed by atoms with Crippen molar-refractivity contribution in [3.05, 3.63) is 54.6 Å². The Hall–Kier alpha value is -2.96. The smallest absolute Gasteiger partial charge is 0.319 e. The summed E-state index contributed by atoms with van der Waals surface area (Å²) in [5.74, 6) is -0.396. The van der Waals surface area contributed by atoms with E-state index in [-0.39, 0.29) is 0 Å². The molecule has 2 heterocycles. The number of benzene rings is 1. The number of fused-ring (bicyclic) bond motifs is 1. The number of hydrogen-bond acceptors (Lipinski definition) is 3. The van der Waals surface area contributed by atoms with Crippen LogP contribution in [-0.2, 0) is 6.54 Å². The number of halogens is 1. The molecule has 112 valence electrons. The molecule has 0 fully saturated rings. The highest BCUT2D eigenvalue weighted by Crippen LogP contribution is 2.09. The lowest BCUT2D eigenvalue weighted by molar-refractivity contribution is 0.251. The van der Waals surface area contributed by atoms with Crippen molar-refractivity contribution in [3.63, 3.8) is 0 Å². The molecule has 0 aliphatic heterocycles. The fourth-order valence-electron chi connectivity index (χ4n) is 2.09. The van der Waals surface area contributed by atoms with E-state index in [4.69, 9.17) is 0 Å². The first-order chi connectivity index (χ1) is 10.7. The molecule has 0 saturated heterocycles. The van der Waals surface area contributed by atoms with E-state index < -0.39 is 11.8 Å². The maximum Gasteiger partial charge on any atom is 0.319 e. The van der Waals surface area contributed by atoms with Crippen LogP contribution in [0.4, 0.5) is 14.9 Å². The van der Waals surface area contributed by atoms with Gasteiger partial charge in [0.25, 0.3) is 0 Å². The summed E-state index contributed by atoms with van der Waals surface area (Å²) in [6.07, 6.45) is 3.43. The predicted molar refractivity (Wildman–Crippen MR) is 80.9 cm³/mol. The first kappa shape index (κ1) is 14.0. The molecule has 0 radical (unpaired) electrons. The van der Waals surface area contributed by atoms with Crippen LogP contribution in [0.1, 0.15) is 0 Å². The molecule has 2 amide bonds. The number of amides is 2. The number of urea groups is 1. The SMILES string of the molecule is O=C(NCCn1ncc2cccnc21)Nc1cccc(F)c1. The zero-order valence-electron chi connectivity index (χ0n) is 11.7. The molecular formula is C15H14FN5O. The van der Waals surface area contributed by atoms with Crippen molar-refractivity contribution >= 4 is 22.8 Å². The van der Waals surface area contributed by atoms with E-state index in [9.17, 15) is 9.18 Å². The Morgan fingerprint density at radius 2 is 2.18 bits per heavy atom. The van der Waals surface area contributed by atoms with E-state index in [1.165, 1.54) is 18.2 Å². The van der Waals surface area contributed by atoms with Gasteiger partial charge in [-0.3, -0.25) is 0 Å². The van der Waals surface area contributed by atoms with Crippen LogP contribution in [0.3, 0.4) is 0 Å². The van der Waals surface area contributed by atoms with Gasteiger partial charge in [0.15, 0.2) is 5.65 Å². The van der Waals surface area contributed by atoms with Gasteiger partial charge in [-0.05, 0) is 30.3 Å². The summed E-state index contributed by atoms with van der Waals surface area (Å²) in [6.45, 7) is 0.881. The van der Waals surface area contributed by atoms with Gasteiger partial charge in [0, 0.05) is 23.8 Å². The molecule has 0 aliphatic carbocycles. The molecule has 3 aromatic rings. The Kier molecular flexibility index (Phi) is 3.95. The molecule has 1 aromatic carbocycles. The van der Waals surface area contributed by atoms with E-state index in [1.807, 2.05) is 12.1 Å². The number of carbonyl (C=O) groups is 1. The van der Waals surface area contributed by atoms with Crippen molar-refractivity contribution in [1.29, 1.82) is 0 Å². The average Bonchev–Trinajstić information content (AvgIpc) is 2.91. The molecule has 7 heteroatoms. The lowest BCUT2D eigenvalue weighted by atomic mass is 10.3. The van der Waals surface area contributed by atoms with Gasteiger partial charge in [-0.2, -0.15) is 5.10 Å². The van der Waals surface area contributed by atoms with Gasteiger partial charge < -0.3 is 10.6 Å². The first-order valence-electron chi connectivity index (χ1n) is 6.79. The summed E-state index contributed by atoms with van der Waals surface area (Å²) < 4.78 is 14.7. The minimum Gasteiger partial charge on any atom is -0.336 e. The zero-order chi connectivity index (χ0) is 15.4. The van der Waals surface area contributed by atoms with Crippen LogP contribution >= 0.6 is 0 Å². The van der Waals surface area contributed by atoms with Crippen molar-refractivity contribution in [1.82, 2.24) is 20.1 Å². The Balaban J connectivity index is 1.53. The van der Waals surface area contributed by atoms with Gasteiger partial charge in [-0.15, -0.1) is 0 Å². The normalized spacial score (nSPS) is 10.6. The quantitative estimate of drug-likeness (QED) is 0.777. The maximum absolute atomic E-state index is 13.0. The van der Waals surface area contributed by atoms with Crippen LogP contribution < -0.4 is 10.6 Å². The van der Waals surface area contributed by atoms with Crippen molar-refractivity contribution in [3.8, 4) is 0 Å². The van der Waals surface area contributed by atoms with Crippen LogP contribution in [0.2, 0.25) is 0 Å². The largest absolute Gasteiger partial charge is 0.336 e. The second-order valence-corrected chi connectivity index (χ2v) is 4.68. The number of aromatic nitrogens is 3. The fraction of sp³-hybridized carbons (Fsp3) is 0.133. The monoisotopic (exact) mass is 299 g/mol. The lowest BCUT2D eigenvalue weighted by Gasteiger charge is -2.08. The summed E-state index contributed by atoms with van der Waals surface area (Å²) in [6, 6.07) is 9.10. The minimum absolute atomic E-state index is 0.383. The number of hydrogen-bond donors (Lipinski definition) is 2. The molecule has 3 rings (SSSR count). The summed E-state index contributed by atoms with van der Waals surface area (Å²) in [7, 11) is 0. The molecule has 2 N–H and O–H groups in total. The molecule has 22 heavy (non-hydrogen) atoms. The van der Waals surface area contributed by atoms with Crippen LogP contribution in [0.25, 0.3) is 11.0 Å². The summed E-state index contributed by atoms with van der Waals surface area (Å²) in [5, 5.41) is 10.4. The number of rotatable bonds is 4. The molecule has 0 bridgehead atoms. The van der Waals surface area contributed by atoms with Crippen LogP contribution in [0.5, 0.6) is 0 Å². The molecule has 0 atom stereocenters. The third kappa shape index (κ3) is 3.20. The van der Waals surface area contributed by atoms with Crippen molar-refractivity contribution < 1.29 is 9.18 Å². The lowest BCUT2D eigenvalue weighted by Crippen LogP contribution is -2.31. The van der Waals surface area contributed by atoms with E-state index in [0.717, 1.165) is 11.0 Å². The van der Waals surface area contributed by atoms with E-state index in [2.05, 4.69) is 20.7 Å². The summed E-state index contributed by atoms with van der Waals surface area (Å²) in [5.41, 5.74) is 1.18. The Labute approximate surface area is 126 Å². The van der Waals surface area contributed by atoms with Gasteiger partial charge in [-0.25, -0.2) is 18.9 Å². The van der Waals surface area contributed by atoms with Crippen LogP contribution in [-0.4, -0.2) is 27.3 Å². The van der Waals surface area contributed by atoms with E-state index >= 15 is 0 Å². The van der Waals surface area contributed by atoms with Crippen molar-refractivity contribution in [2.24, 2.45) is 0 Å². The van der Waals surface area contributed by atoms with Gasteiger partial charge in [-0.1, -0.05) is 6.07 Å². The number of pyridine rings is 1. The number of carbonyl (C=O) groups excluding carboxylic acids is 1. The Morgan fingerprint density at radius 3 is 3.05 bits per heavy atom. The van der Waals surface area contributed by atoms with Gasteiger partial charge in [0.2, 0.25) is 0 Å². The highest BCUT2D eigenvalue weighted by molar-refractivity contribution is 5.89. The number of nitrogens with one attached hydrogen (secondary N) is 2. The minimum atomic E-state index is -0.396. The maximum atomic E-state index is 13.0. The second-order valence-electron chi connectivity index (χ2n) is 4.68. The average molecular weight is 299 g/mol. The van der Waals surface area contributed by atoms with Crippen LogP contribution in [0.15, 0.2) is 48.8 Å². The molecule has 0 spiro atoms. The Morgan fingerprint density at radius 1 is 1.27 bits per heavy atom. The first-order valence-corrected chi connectivity index (χ1v) is 6.79. The molecule has 2 aromatic heterocycles. The van der Waals surface area contributed by atoms with Crippen molar-refractivity contribution in [2.45, 2.75) is 6.54 Å². The molecular weight excluding hydrogens is 285 g/mol. The fourth-order valence-corrected chi connectivity index (χ4v) is 2.09. The second kappa shape index (κ2) is 6.21. The van der Waals surface area contributed by atoms with Gasteiger partial charge in [0.1, 0.15) is 5.82 Å². The summed E-state index contributed by atoms with van der Waals surface area (Å²) in [4.78, 5) is 16.0. The van der Waals surface area contributed by atoms with E-state index in [0.29, 0.717) is 18.8 Å². The highest BCUT2D eigenvalue weighted by atomic mass is 19.1. The van der Waals surface area contributed by atoms with Crippen LogP contribution in [0, 0.1) is 5.82 Å². The molecule has 6 nitrogen and oxygen atoms in total. The molecule has 0 saturated carbocycles. The Bertz CT molecular complexity index is 801. The zero-order valence-corrected chi connectivity index (χ0v) is 11.7. The highest BCUT2D eigenvalue weighted by Gasteiger charge is 2.05. The topological polar surface area (TPSA) is 71.8 Å². The van der Waals surface area contributed by atoms with Gasteiger partial charge in [0.05, 0.1) is 12.7 Å². The summed E-state index contributed by atoms with van der Waals surface area (Å²) >= 11 is 0. The number of anilines is 1. The van der Waals surface area contributed by atoms with E-state index in [1.54, 1.807) is 23.1 Å². The third-order valence-electron chi connectivity index (χ3n) is 3.09. The molecule has 0 unspecified atom stereocenters. The molecule has 0 aliphatic rings. The number of nitrogens with zero attached hydrogens (tertiary/aromatic N) is 3. The third-order valence-corrected chi connectivity index (χ3v) is 3.09. The van der Waals surface area contributed by atoms with Crippen molar-refractivity contribution in [2.75, 3.05) is 11.9 Å². The predicted octanol–water partition coefficient (Wildman–Crippen LogP) is 2.39. The van der Waals surface area contributed by atoms with Gasteiger partial charge >= 0.3 is 6.03 Å².